The summed E-state index contributed by atoms with van der Waals surface area (Å²) in [6, 6.07) is 4.50. The molecule has 0 aliphatic rings. The van der Waals surface area contributed by atoms with Crippen LogP contribution in [0.15, 0.2) is 30.3 Å². The van der Waals surface area contributed by atoms with Gasteiger partial charge in [-0.25, -0.2) is 13.6 Å². The fourth-order valence-electron chi connectivity index (χ4n) is 2.17. The first-order valence-corrected chi connectivity index (χ1v) is 7.59. The molecule has 1 N–H and O–H groups in total. The maximum atomic E-state index is 13.5. The van der Waals surface area contributed by atoms with E-state index in [9.17, 15) is 28.5 Å². The predicted octanol–water partition coefficient (Wildman–Crippen LogP) is 2.69. The maximum Gasteiger partial charge on any atom is 0.345 e. The van der Waals surface area contributed by atoms with Gasteiger partial charge in [0.05, 0.1) is 30.9 Å². The summed E-state index contributed by atoms with van der Waals surface area (Å²) in [7, 11) is 2.53. The molecule has 0 aromatic heterocycles. The van der Waals surface area contributed by atoms with E-state index in [4.69, 9.17) is 14.2 Å². The van der Waals surface area contributed by atoms with Gasteiger partial charge in [0.25, 0.3) is 11.6 Å². The SMILES string of the molecule is COc1cc(C(=O)OCC(=O)Nc2ccc(F)cc2F)c([N+](=O)[O-])cc1OC. The minimum Gasteiger partial charge on any atom is -0.493 e. The van der Waals surface area contributed by atoms with Gasteiger partial charge in [-0.3, -0.25) is 14.9 Å². The largest absolute Gasteiger partial charge is 0.493 e. The molecule has 0 atom stereocenters. The Kier molecular flexibility index (Phi) is 6.42. The number of nitrogens with zero attached hydrogens (tertiary/aromatic N) is 1. The fraction of sp³-hybridized carbons (Fsp3) is 0.176. The Morgan fingerprint density at radius 1 is 1.11 bits per heavy atom. The Morgan fingerprint density at radius 3 is 2.32 bits per heavy atom. The van der Waals surface area contributed by atoms with Crippen LogP contribution in [0.5, 0.6) is 11.5 Å². The van der Waals surface area contributed by atoms with Crippen LogP contribution in [0.3, 0.4) is 0 Å². The zero-order valence-electron chi connectivity index (χ0n) is 14.7. The Hall–Kier alpha value is -3.76. The number of rotatable bonds is 7. The molecule has 0 bridgehead atoms. The van der Waals surface area contributed by atoms with E-state index < -0.39 is 46.3 Å². The minimum absolute atomic E-state index is 0.0234. The monoisotopic (exact) mass is 396 g/mol. The lowest BCUT2D eigenvalue weighted by molar-refractivity contribution is -0.385. The molecular weight excluding hydrogens is 382 g/mol. The highest BCUT2D eigenvalue weighted by Gasteiger charge is 2.26. The average molecular weight is 396 g/mol. The summed E-state index contributed by atoms with van der Waals surface area (Å²) >= 11 is 0. The van der Waals surface area contributed by atoms with E-state index in [1.807, 2.05) is 0 Å². The predicted molar refractivity (Wildman–Crippen MR) is 91.5 cm³/mol. The van der Waals surface area contributed by atoms with E-state index in [0.717, 1.165) is 24.3 Å². The Balaban J connectivity index is 2.13. The summed E-state index contributed by atoms with van der Waals surface area (Å²) in [5.41, 5.74) is -1.41. The molecule has 0 spiro atoms. The van der Waals surface area contributed by atoms with Crippen molar-refractivity contribution in [3.05, 3.63) is 57.6 Å². The van der Waals surface area contributed by atoms with E-state index in [1.165, 1.54) is 14.2 Å². The number of carbonyl (C=O) groups is 2. The number of hydrogen-bond donors (Lipinski definition) is 1. The van der Waals surface area contributed by atoms with Crippen LogP contribution in [0.1, 0.15) is 10.4 Å². The second-order valence-electron chi connectivity index (χ2n) is 5.23. The Bertz CT molecular complexity index is 934. The maximum absolute atomic E-state index is 13.5. The second-order valence-corrected chi connectivity index (χ2v) is 5.23. The smallest absolute Gasteiger partial charge is 0.345 e. The highest BCUT2D eigenvalue weighted by Crippen LogP contribution is 2.34. The lowest BCUT2D eigenvalue weighted by Gasteiger charge is -2.11. The molecule has 0 saturated carbocycles. The van der Waals surface area contributed by atoms with Gasteiger partial charge >= 0.3 is 5.97 Å². The zero-order chi connectivity index (χ0) is 20.8. The molecule has 0 unspecified atom stereocenters. The average Bonchev–Trinajstić information content (AvgIpc) is 2.67. The van der Waals surface area contributed by atoms with Crippen molar-refractivity contribution < 1.29 is 37.5 Å². The van der Waals surface area contributed by atoms with Gasteiger partial charge in [-0.15, -0.1) is 0 Å². The van der Waals surface area contributed by atoms with Crippen molar-refractivity contribution in [3.63, 3.8) is 0 Å². The summed E-state index contributed by atoms with van der Waals surface area (Å²) in [5, 5.41) is 13.3. The second kappa shape index (κ2) is 8.75. The van der Waals surface area contributed by atoms with Gasteiger partial charge in [0.2, 0.25) is 0 Å². The molecule has 0 aliphatic carbocycles. The van der Waals surface area contributed by atoms with E-state index in [0.29, 0.717) is 6.07 Å². The molecule has 1 amide bonds. The van der Waals surface area contributed by atoms with Crippen LogP contribution in [0.4, 0.5) is 20.2 Å². The van der Waals surface area contributed by atoms with Gasteiger partial charge in [0.15, 0.2) is 18.1 Å². The van der Waals surface area contributed by atoms with Gasteiger partial charge in [-0.2, -0.15) is 0 Å². The van der Waals surface area contributed by atoms with Crippen LogP contribution in [0, 0.1) is 21.7 Å². The molecule has 2 aromatic carbocycles. The molecule has 0 fully saturated rings. The van der Waals surface area contributed by atoms with Crippen molar-refractivity contribution in [1.82, 2.24) is 0 Å². The van der Waals surface area contributed by atoms with Crippen molar-refractivity contribution in [2.45, 2.75) is 0 Å². The van der Waals surface area contributed by atoms with Crippen LogP contribution < -0.4 is 14.8 Å². The number of nitro benzene ring substituents is 1. The number of nitro groups is 1. The molecule has 2 aromatic rings. The number of ether oxygens (including phenoxy) is 3. The molecule has 9 nitrogen and oxygen atoms in total. The number of benzene rings is 2. The summed E-state index contributed by atoms with van der Waals surface area (Å²) in [4.78, 5) is 34.3. The third-order valence-corrected chi connectivity index (χ3v) is 3.46. The first kappa shape index (κ1) is 20.6. The lowest BCUT2D eigenvalue weighted by atomic mass is 10.1. The number of carbonyl (C=O) groups excluding carboxylic acids is 2. The van der Waals surface area contributed by atoms with Crippen LogP contribution in [0.25, 0.3) is 0 Å². The van der Waals surface area contributed by atoms with Crippen molar-refractivity contribution in [1.29, 1.82) is 0 Å². The Labute approximate surface area is 157 Å². The molecule has 0 heterocycles. The normalized spacial score (nSPS) is 10.1. The van der Waals surface area contributed by atoms with Crippen molar-refractivity contribution in [3.8, 4) is 11.5 Å². The van der Waals surface area contributed by atoms with Crippen LogP contribution in [-0.4, -0.2) is 37.6 Å². The third kappa shape index (κ3) is 4.69. The first-order chi connectivity index (χ1) is 13.3. The van der Waals surface area contributed by atoms with Gasteiger partial charge in [0.1, 0.15) is 17.2 Å². The molecule has 28 heavy (non-hydrogen) atoms. The summed E-state index contributed by atoms with van der Waals surface area (Å²) < 4.78 is 41.0. The number of hydrogen-bond acceptors (Lipinski definition) is 7. The highest BCUT2D eigenvalue weighted by molar-refractivity contribution is 5.98. The first-order valence-electron chi connectivity index (χ1n) is 7.59. The van der Waals surface area contributed by atoms with Gasteiger partial charge < -0.3 is 19.5 Å². The standard InChI is InChI=1S/C17H14F2N2O7/c1-26-14-6-10(13(21(24)25)7-15(14)27-2)17(23)28-8-16(22)20-12-4-3-9(18)5-11(12)19/h3-7H,8H2,1-2H3,(H,20,22). The van der Waals surface area contributed by atoms with Crippen LogP contribution in [-0.2, 0) is 9.53 Å². The quantitative estimate of drug-likeness (QED) is 0.434. The van der Waals surface area contributed by atoms with E-state index in [1.54, 1.807) is 0 Å². The van der Waals surface area contributed by atoms with Crippen LogP contribution in [0.2, 0.25) is 0 Å². The number of amides is 1. The highest BCUT2D eigenvalue weighted by atomic mass is 19.1. The summed E-state index contributed by atoms with van der Waals surface area (Å²) in [6.45, 7) is -0.860. The van der Waals surface area contributed by atoms with Crippen molar-refractivity contribution >= 4 is 23.3 Å². The van der Waals surface area contributed by atoms with Gasteiger partial charge in [-0.1, -0.05) is 0 Å². The molecular formula is C17H14F2N2O7. The van der Waals surface area contributed by atoms with E-state index in [-0.39, 0.29) is 17.2 Å². The topological polar surface area (TPSA) is 117 Å². The number of halogens is 2. The van der Waals surface area contributed by atoms with Gasteiger partial charge in [0, 0.05) is 12.1 Å². The molecule has 0 saturated heterocycles. The molecule has 0 aliphatic heterocycles. The van der Waals surface area contributed by atoms with E-state index in [2.05, 4.69) is 5.32 Å². The molecule has 148 valence electrons. The van der Waals surface area contributed by atoms with Crippen LogP contribution >= 0.6 is 0 Å². The number of anilines is 1. The lowest BCUT2D eigenvalue weighted by Crippen LogP contribution is -2.22. The zero-order valence-corrected chi connectivity index (χ0v) is 14.7. The minimum atomic E-state index is -1.18. The van der Waals surface area contributed by atoms with Gasteiger partial charge in [-0.05, 0) is 12.1 Å². The fourth-order valence-corrected chi connectivity index (χ4v) is 2.17. The van der Waals surface area contributed by atoms with Crippen molar-refractivity contribution in [2.75, 3.05) is 26.1 Å². The molecule has 2 rings (SSSR count). The number of esters is 1. The third-order valence-electron chi connectivity index (χ3n) is 3.46. The molecule has 0 radical (unpaired) electrons. The Morgan fingerprint density at radius 2 is 1.75 bits per heavy atom. The summed E-state index contributed by atoms with van der Waals surface area (Å²) in [6.07, 6.45) is 0. The molecule has 11 heteroatoms. The summed E-state index contributed by atoms with van der Waals surface area (Å²) in [5.74, 6) is -3.89. The number of methoxy groups -OCH3 is 2. The van der Waals surface area contributed by atoms with Crippen molar-refractivity contribution in [2.24, 2.45) is 0 Å². The number of nitrogens with one attached hydrogen (secondary N) is 1. The van der Waals surface area contributed by atoms with E-state index >= 15 is 0 Å².